The normalized spacial score (nSPS) is 11.4. The molecule has 0 aliphatic carbocycles. The average Bonchev–Trinajstić information content (AvgIpc) is 2.34. The van der Waals surface area contributed by atoms with E-state index in [1.165, 1.54) is 0 Å². The van der Waals surface area contributed by atoms with Gasteiger partial charge in [0.1, 0.15) is 12.4 Å². The molecule has 1 rings (SSSR count). The van der Waals surface area contributed by atoms with Gasteiger partial charge < -0.3 is 10.1 Å². The molecule has 0 saturated carbocycles. The van der Waals surface area contributed by atoms with Crippen molar-refractivity contribution in [2.45, 2.75) is 46.7 Å². The zero-order valence-electron chi connectivity index (χ0n) is 12.7. The van der Waals surface area contributed by atoms with Crippen molar-refractivity contribution in [3.8, 4) is 5.88 Å². The fourth-order valence-corrected chi connectivity index (χ4v) is 2.05. The van der Waals surface area contributed by atoms with Crippen molar-refractivity contribution in [2.24, 2.45) is 0 Å². The minimum Gasteiger partial charge on any atom is -0.475 e. The first-order valence-electron chi connectivity index (χ1n) is 6.99. The summed E-state index contributed by atoms with van der Waals surface area (Å²) >= 11 is 0. The van der Waals surface area contributed by atoms with E-state index in [0.717, 1.165) is 18.9 Å². The minimum absolute atomic E-state index is 0.516. The van der Waals surface area contributed by atoms with Crippen molar-refractivity contribution in [1.82, 2.24) is 14.9 Å². The Morgan fingerprint density at radius 3 is 2.47 bits per heavy atom. The van der Waals surface area contributed by atoms with E-state index in [2.05, 4.69) is 47.9 Å². The second kappa shape index (κ2) is 7.94. The fraction of sp³-hybridized carbons (Fsp3) is 0.714. The van der Waals surface area contributed by atoms with E-state index in [0.29, 0.717) is 24.6 Å². The van der Waals surface area contributed by atoms with Gasteiger partial charge in [0.05, 0.1) is 12.4 Å². The molecule has 1 heterocycles. The first kappa shape index (κ1) is 15.7. The molecule has 108 valence electrons. The molecule has 0 aliphatic rings. The van der Waals surface area contributed by atoms with Crippen LogP contribution in [0.1, 0.15) is 34.6 Å². The lowest BCUT2D eigenvalue weighted by molar-refractivity contribution is 0.140. The zero-order valence-corrected chi connectivity index (χ0v) is 12.7. The molecule has 5 heteroatoms. The molecule has 0 unspecified atom stereocenters. The molecule has 0 spiro atoms. The lowest BCUT2D eigenvalue weighted by atomic mass is 10.2. The molecule has 0 atom stereocenters. The summed E-state index contributed by atoms with van der Waals surface area (Å²) in [6.07, 6.45) is 3.35. The van der Waals surface area contributed by atoms with Crippen LogP contribution in [-0.2, 0) is 0 Å². The molecule has 0 aliphatic heterocycles. The molecule has 1 N–H and O–H groups in total. The molecule has 0 amide bonds. The first-order valence-corrected chi connectivity index (χ1v) is 6.99. The van der Waals surface area contributed by atoms with E-state index in [1.807, 2.05) is 6.92 Å². The molecule has 1 aromatic heterocycles. The van der Waals surface area contributed by atoms with Crippen LogP contribution in [0.3, 0.4) is 0 Å². The smallest absolute Gasteiger partial charge is 0.234 e. The summed E-state index contributed by atoms with van der Waals surface area (Å²) in [6.45, 7) is 13.2. The predicted octanol–water partition coefficient (Wildman–Crippen LogP) is 2.41. The predicted molar refractivity (Wildman–Crippen MR) is 78.7 cm³/mol. The summed E-state index contributed by atoms with van der Waals surface area (Å²) in [5.41, 5.74) is 0. The fourth-order valence-electron chi connectivity index (χ4n) is 2.05. The molecular formula is C14H26N4O. The molecular weight excluding hydrogens is 240 g/mol. The van der Waals surface area contributed by atoms with E-state index in [4.69, 9.17) is 4.74 Å². The van der Waals surface area contributed by atoms with Crippen LogP contribution in [0.5, 0.6) is 5.88 Å². The van der Waals surface area contributed by atoms with E-state index < -0.39 is 0 Å². The van der Waals surface area contributed by atoms with Crippen molar-refractivity contribution in [1.29, 1.82) is 0 Å². The van der Waals surface area contributed by atoms with Crippen molar-refractivity contribution in [3.63, 3.8) is 0 Å². The number of aromatic nitrogens is 2. The van der Waals surface area contributed by atoms with Crippen LogP contribution in [0.25, 0.3) is 0 Å². The molecule has 0 saturated heterocycles. The zero-order chi connectivity index (χ0) is 14.3. The number of rotatable bonds is 8. The monoisotopic (exact) mass is 266 g/mol. The Bertz CT molecular complexity index is 360. The second-order valence-corrected chi connectivity index (χ2v) is 5.05. The summed E-state index contributed by atoms with van der Waals surface area (Å²) in [6, 6.07) is 1.03. The average molecular weight is 266 g/mol. The van der Waals surface area contributed by atoms with Crippen molar-refractivity contribution in [3.05, 3.63) is 12.4 Å². The van der Waals surface area contributed by atoms with Crippen LogP contribution in [0, 0.1) is 0 Å². The van der Waals surface area contributed by atoms with Gasteiger partial charge in [0, 0.05) is 25.2 Å². The van der Waals surface area contributed by atoms with Crippen LogP contribution in [0.4, 0.5) is 5.82 Å². The third-order valence-electron chi connectivity index (χ3n) is 2.90. The quantitative estimate of drug-likeness (QED) is 0.783. The van der Waals surface area contributed by atoms with Crippen molar-refractivity contribution >= 4 is 5.82 Å². The maximum absolute atomic E-state index is 5.67. The highest BCUT2D eigenvalue weighted by atomic mass is 16.5. The lowest BCUT2D eigenvalue weighted by Gasteiger charge is -2.30. The van der Waals surface area contributed by atoms with Gasteiger partial charge in [0.2, 0.25) is 5.88 Å². The molecule has 1 aromatic rings. The highest BCUT2D eigenvalue weighted by molar-refractivity contribution is 5.32. The lowest BCUT2D eigenvalue weighted by Crippen LogP contribution is -2.39. The van der Waals surface area contributed by atoms with Gasteiger partial charge in [0.15, 0.2) is 0 Å². The SMILES string of the molecule is CCNc1cncc(OCCN(C(C)C)C(C)C)n1. The highest BCUT2D eigenvalue weighted by Crippen LogP contribution is 2.09. The van der Waals surface area contributed by atoms with Gasteiger partial charge in [-0.25, -0.2) is 0 Å². The number of hydrogen-bond donors (Lipinski definition) is 1. The first-order chi connectivity index (χ1) is 9.04. The van der Waals surface area contributed by atoms with Gasteiger partial charge in [0.25, 0.3) is 0 Å². The van der Waals surface area contributed by atoms with E-state index >= 15 is 0 Å². The number of hydrogen-bond acceptors (Lipinski definition) is 5. The molecule has 5 nitrogen and oxygen atoms in total. The van der Waals surface area contributed by atoms with Crippen LogP contribution in [0.2, 0.25) is 0 Å². The Hall–Kier alpha value is -1.36. The van der Waals surface area contributed by atoms with Gasteiger partial charge >= 0.3 is 0 Å². The topological polar surface area (TPSA) is 50.3 Å². The maximum atomic E-state index is 5.67. The van der Waals surface area contributed by atoms with Gasteiger partial charge in [-0.1, -0.05) is 0 Å². The maximum Gasteiger partial charge on any atom is 0.234 e. The van der Waals surface area contributed by atoms with Crippen molar-refractivity contribution in [2.75, 3.05) is 25.0 Å². The van der Waals surface area contributed by atoms with E-state index in [-0.39, 0.29) is 0 Å². The Labute approximate surface area is 116 Å². The summed E-state index contributed by atoms with van der Waals surface area (Å²) in [4.78, 5) is 10.8. The molecule has 0 radical (unpaired) electrons. The third kappa shape index (κ3) is 5.42. The summed E-state index contributed by atoms with van der Waals surface area (Å²) in [5.74, 6) is 1.33. The van der Waals surface area contributed by atoms with Crippen LogP contribution in [0.15, 0.2) is 12.4 Å². The van der Waals surface area contributed by atoms with E-state index in [1.54, 1.807) is 12.4 Å². The molecule has 0 fully saturated rings. The third-order valence-corrected chi connectivity index (χ3v) is 2.90. The van der Waals surface area contributed by atoms with Gasteiger partial charge in [-0.15, -0.1) is 0 Å². The van der Waals surface area contributed by atoms with E-state index in [9.17, 15) is 0 Å². The highest BCUT2D eigenvalue weighted by Gasteiger charge is 2.13. The number of nitrogens with zero attached hydrogens (tertiary/aromatic N) is 3. The van der Waals surface area contributed by atoms with Gasteiger partial charge in [-0.2, -0.15) is 4.98 Å². The Morgan fingerprint density at radius 2 is 1.89 bits per heavy atom. The van der Waals surface area contributed by atoms with Crippen LogP contribution in [-0.4, -0.2) is 46.6 Å². The summed E-state index contributed by atoms with van der Waals surface area (Å²) in [7, 11) is 0. The second-order valence-electron chi connectivity index (χ2n) is 5.05. The summed E-state index contributed by atoms with van der Waals surface area (Å²) in [5, 5.41) is 3.12. The van der Waals surface area contributed by atoms with Gasteiger partial charge in [-0.3, -0.25) is 9.88 Å². The van der Waals surface area contributed by atoms with Gasteiger partial charge in [-0.05, 0) is 34.6 Å². The molecule has 0 bridgehead atoms. The summed E-state index contributed by atoms with van der Waals surface area (Å²) < 4.78 is 5.67. The largest absolute Gasteiger partial charge is 0.475 e. The Morgan fingerprint density at radius 1 is 1.21 bits per heavy atom. The number of ether oxygens (including phenoxy) is 1. The Kier molecular flexibility index (Phi) is 6.56. The molecule has 19 heavy (non-hydrogen) atoms. The van der Waals surface area contributed by atoms with Crippen molar-refractivity contribution < 1.29 is 4.74 Å². The Balaban J connectivity index is 2.45. The van der Waals surface area contributed by atoms with Crippen LogP contribution >= 0.6 is 0 Å². The number of nitrogens with one attached hydrogen (secondary N) is 1. The van der Waals surface area contributed by atoms with Crippen LogP contribution < -0.4 is 10.1 Å². The number of anilines is 1. The standard InChI is InChI=1S/C14H26N4O/c1-6-16-13-9-15-10-14(17-13)19-8-7-18(11(2)3)12(4)5/h9-12H,6-8H2,1-5H3,(H,16,17). The molecule has 0 aromatic carbocycles. The minimum atomic E-state index is 0.516.